The minimum atomic E-state index is -0.867. The van der Waals surface area contributed by atoms with Crippen LogP contribution in [0.4, 0.5) is 13.2 Å². The number of hydrogen-bond acceptors (Lipinski definition) is 2. The number of benzene rings is 2. The Morgan fingerprint density at radius 1 is 1.00 bits per heavy atom. The first-order chi connectivity index (χ1) is 10.0. The second-order valence-electron chi connectivity index (χ2n) is 4.24. The van der Waals surface area contributed by atoms with Gasteiger partial charge in [0.1, 0.15) is 18.5 Å². The number of nitrogens with zero attached hydrogens (tertiary/aromatic N) is 1. The Balaban J connectivity index is 2.19. The van der Waals surface area contributed by atoms with Crippen LogP contribution in [0.5, 0.6) is 5.75 Å². The van der Waals surface area contributed by atoms with E-state index in [2.05, 4.69) is 0 Å². The lowest BCUT2D eigenvalue weighted by molar-refractivity contribution is 0.273. The molecule has 2 nitrogen and oxygen atoms in total. The monoisotopic (exact) mass is 311 g/mol. The summed E-state index contributed by atoms with van der Waals surface area (Å²) in [4.78, 5) is 0. The van der Waals surface area contributed by atoms with Crippen LogP contribution >= 0.6 is 11.6 Å². The molecule has 0 saturated heterocycles. The van der Waals surface area contributed by atoms with Crippen molar-refractivity contribution in [2.24, 2.45) is 0 Å². The second kappa shape index (κ2) is 6.51. The minimum Gasteiger partial charge on any atom is -0.483 e. The fourth-order valence-corrected chi connectivity index (χ4v) is 1.89. The van der Waals surface area contributed by atoms with Crippen molar-refractivity contribution in [1.82, 2.24) is 0 Å². The number of alkyl halides is 1. The largest absolute Gasteiger partial charge is 0.483 e. The molecule has 0 heterocycles. The van der Waals surface area contributed by atoms with Gasteiger partial charge < -0.3 is 4.74 Å². The number of rotatable bonds is 4. The molecular weight excluding hydrogens is 303 g/mol. The fourth-order valence-electron chi connectivity index (χ4n) is 1.73. The summed E-state index contributed by atoms with van der Waals surface area (Å²) in [6.07, 6.45) is 0. The third-order valence-corrected chi connectivity index (χ3v) is 3.06. The summed E-state index contributed by atoms with van der Waals surface area (Å²) >= 11 is 5.50. The summed E-state index contributed by atoms with van der Waals surface area (Å²) in [7, 11) is 0. The number of hydrogen-bond donors (Lipinski definition) is 0. The zero-order valence-electron chi connectivity index (χ0n) is 10.7. The maximum atomic E-state index is 13.7. The van der Waals surface area contributed by atoms with Gasteiger partial charge in [0.2, 0.25) is 0 Å². The van der Waals surface area contributed by atoms with Gasteiger partial charge in [-0.15, -0.1) is 11.6 Å². The Morgan fingerprint density at radius 3 is 2.24 bits per heavy atom. The van der Waals surface area contributed by atoms with E-state index in [-0.39, 0.29) is 18.1 Å². The highest BCUT2D eigenvalue weighted by atomic mass is 35.5. The van der Waals surface area contributed by atoms with Gasteiger partial charge in [-0.25, -0.2) is 13.2 Å². The molecule has 0 N–H and O–H groups in total. The SMILES string of the molecule is N#Cc1cc(COc2c(F)cc(CCl)cc2F)ccc1F. The highest BCUT2D eigenvalue weighted by Crippen LogP contribution is 2.25. The van der Waals surface area contributed by atoms with Crippen molar-refractivity contribution in [3.8, 4) is 11.8 Å². The summed E-state index contributed by atoms with van der Waals surface area (Å²) in [5.74, 6) is -2.95. The fraction of sp³-hybridized carbons (Fsp3) is 0.133. The molecule has 0 saturated carbocycles. The average molecular weight is 312 g/mol. The first-order valence-corrected chi connectivity index (χ1v) is 6.43. The molecule has 0 aliphatic carbocycles. The van der Waals surface area contributed by atoms with Gasteiger partial charge in [-0.3, -0.25) is 0 Å². The molecule has 2 aromatic rings. The van der Waals surface area contributed by atoms with Gasteiger partial charge >= 0.3 is 0 Å². The lowest BCUT2D eigenvalue weighted by Gasteiger charge is -2.10. The van der Waals surface area contributed by atoms with E-state index in [0.29, 0.717) is 11.1 Å². The third-order valence-electron chi connectivity index (χ3n) is 2.75. The molecule has 0 aliphatic heterocycles. The van der Waals surface area contributed by atoms with Crippen LogP contribution in [0.3, 0.4) is 0 Å². The smallest absolute Gasteiger partial charge is 0.191 e. The molecule has 0 bridgehead atoms. The topological polar surface area (TPSA) is 33.0 Å². The summed E-state index contributed by atoms with van der Waals surface area (Å²) in [5.41, 5.74) is 0.565. The second-order valence-corrected chi connectivity index (χ2v) is 4.50. The van der Waals surface area contributed by atoms with Crippen LogP contribution in [0, 0.1) is 28.8 Å². The Morgan fingerprint density at radius 2 is 1.67 bits per heavy atom. The van der Waals surface area contributed by atoms with Gasteiger partial charge in [0, 0.05) is 5.88 Å². The quantitative estimate of drug-likeness (QED) is 0.789. The van der Waals surface area contributed by atoms with Crippen LogP contribution in [-0.2, 0) is 12.5 Å². The van der Waals surface area contributed by atoms with E-state index >= 15 is 0 Å². The first kappa shape index (κ1) is 15.2. The van der Waals surface area contributed by atoms with Crippen LogP contribution < -0.4 is 4.74 Å². The molecular formula is C15H9ClF3NO. The highest BCUT2D eigenvalue weighted by molar-refractivity contribution is 6.17. The molecule has 0 atom stereocenters. The average Bonchev–Trinajstić information content (AvgIpc) is 2.47. The molecule has 0 aromatic heterocycles. The maximum Gasteiger partial charge on any atom is 0.191 e. The molecule has 0 spiro atoms. The zero-order valence-corrected chi connectivity index (χ0v) is 11.4. The van der Waals surface area contributed by atoms with Crippen molar-refractivity contribution < 1.29 is 17.9 Å². The first-order valence-electron chi connectivity index (χ1n) is 5.90. The summed E-state index contributed by atoms with van der Waals surface area (Å²) in [6.45, 7) is -0.191. The Hall–Kier alpha value is -2.19. The summed E-state index contributed by atoms with van der Waals surface area (Å²) in [6, 6.07) is 7.57. The Kier molecular flexibility index (Phi) is 4.71. The van der Waals surface area contributed by atoms with Gasteiger partial charge in [-0.05, 0) is 35.4 Å². The van der Waals surface area contributed by atoms with E-state index in [0.717, 1.165) is 18.2 Å². The van der Waals surface area contributed by atoms with Crippen LogP contribution in [0.15, 0.2) is 30.3 Å². The molecule has 0 fully saturated rings. The third kappa shape index (κ3) is 3.47. The molecule has 0 radical (unpaired) electrons. The van der Waals surface area contributed by atoms with Crippen molar-refractivity contribution in [1.29, 1.82) is 5.26 Å². The van der Waals surface area contributed by atoms with E-state index in [4.69, 9.17) is 21.6 Å². The van der Waals surface area contributed by atoms with Gasteiger partial charge in [0.05, 0.1) is 5.56 Å². The molecule has 0 amide bonds. The molecule has 0 unspecified atom stereocenters. The lowest BCUT2D eigenvalue weighted by Crippen LogP contribution is -2.01. The predicted molar refractivity (Wildman–Crippen MR) is 71.4 cm³/mol. The summed E-state index contributed by atoms with van der Waals surface area (Å²) < 4.78 is 45.6. The minimum absolute atomic E-state index is 0.0163. The molecule has 6 heteroatoms. The van der Waals surface area contributed by atoms with Crippen molar-refractivity contribution in [2.75, 3.05) is 0 Å². The highest BCUT2D eigenvalue weighted by Gasteiger charge is 2.13. The van der Waals surface area contributed by atoms with Crippen molar-refractivity contribution in [3.05, 3.63) is 64.5 Å². The number of ether oxygens (including phenoxy) is 1. The Labute approximate surface area is 124 Å². The van der Waals surface area contributed by atoms with Gasteiger partial charge in [0.15, 0.2) is 17.4 Å². The van der Waals surface area contributed by atoms with Crippen LogP contribution in [0.1, 0.15) is 16.7 Å². The number of nitriles is 1. The van der Waals surface area contributed by atoms with Crippen LogP contribution in [-0.4, -0.2) is 0 Å². The van der Waals surface area contributed by atoms with Crippen molar-refractivity contribution in [2.45, 2.75) is 12.5 Å². The van der Waals surface area contributed by atoms with E-state index in [9.17, 15) is 13.2 Å². The molecule has 108 valence electrons. The summed E-state index contributed by atoms with van der Waals surface area (Å²) in [5, 5.41) is 8.71. The molecule has 2 rings (SSSR count). The normalized spacial score (nSPS) is 10.2. The lowest BCUT2D eigenvalue weighted by atomic mass is 10.1. The van der Waals surface area contributed by atoms with E-state index in [1.165, 1.54) is 12.1 Å². The van der Waals surface area contributed by atoms with E-state index < -0.39 is 23.2 Å². The molecule has 0 aliphatic rings. The molecule has 21 heavy (non-hydrogen) atoms. The van der Waals surface area contributed by atoms with Crippen molar-refractivity contribution in [3.63, 3.8) is 0 Å². The predicted octanol–water partition coefficient (Wildman–Crippen LogP) is 4.29. The zero-order chi connectivity index (χ0) is 15.4. The van der Waals surface area contributed by atoms with Gasteiger partial charge in [-0.2, -0.15) is 5.26 Å². The Bertz CT molecular complexity index is 690. The standard InChI is InChI=1S/C15H9ClF3NO/c16-6-10-4-13(18)15(14(19)5-10)21-8-9-1-2-12(17)11(3-9)7-20/h1-5H,6,8H2. The van der Waals surface area contributed by atoms with Crippen molar-refractivity contribution >= 4 is 11.6 Å². The molecule has 2 aromatic carbocycles. The van der Waals surface area contributed by atoms with Crippen LogP contribution in [0.25, 0.3) is 0 Å². The van der Waals surface area contributed by atoms with Gasteiger partial charge in [0.25, 0.3) is 0 Å². The maximum absolute atomic E-state index is 13.7. The van der Waals surface area contributed by atoms with Gasteiger partial charge in [-0.1, -0.05) is 6.07 Å². The van der Waals surface area contributed by atoms with Crippen LogP contribution in [0.2, 0.25) is 0 Å². The van der Waals surface area contributed by atoms with E-state index in [1.54, 1.807) is 6.07 Å². The number of halogens is 4. The van der Waals surface area contributed by atoms with E-state index in [1.807, 2.05) is 0 Å².